The highest BCUT2D eigenvalue weighted by molar-refractivity contribution is 8.00. The molecule has 0 aromatic heterocycles. The molecule has 1 rings (SSSR count). The smallest absolute Gasteiger partial charge is 0.313 e. The highest BCUT2D eigenvalue weighted by Gasteiger charge is 2.09. The van der Waals surface area contributed by atoms with E-state index in [1.807, 2.05) is 6.92 Å². The highest BCUT2D eigenvalue weighted by atomic mass is 32.2. The van der Waals surface area contributed by atoms with Crippen molar-refractivity contribution in [2.75, 3.05) is 11.5 Å². The number of benzene rings is 1. The molecule has 0 radical (unpaired) electrons. The van der Waals surface area contributed by atoms with E-state index in [0.717, 1.165) is 17.3 Å². The fraction of sp³-hybridized carbons (Fsp3) is 0.385. The number of carbonyl (C=O) groups excluding carboxylic acids is 1. The zero-order valence-corrected chi connectivity index (χ0v) is 11.4. The number of halogens is 1. The van der Waals surface area contributed by atoms with Crippen molar-refractivity contribution in [1.29, 1.82) is 0 Å². The Morgan fingerprint density at radius 1 is 1.32 bits per heavy atom. The summed E-state index contributed by atoms with van der Waals surface area (Å²) in [6.45, 7) is 1.85. The molecular weight excluding hydrogens is 269 g/mol. The zero-order valence-electron chi connectivity index (χ0n) is 10.6. The second-order valence-corrected chi connectivity index (χ2v) is 5.17. The van der Waals surface area contributed by atoms with Gasteiger partial charge < -0.3 is 10.4 Å². The molecular formula is C13H16FNO3S. The third-order valence-electron chi connectivity index (χ3n) is 2.32. The molecule has 1 amide bonds. The second-order valence-electron chi connectivity index (χ2n) is 4.19. The predicted molar refractivity (Wildman–Crippen MR) is 72.7 cm³/mol. The molecule has 1 aromatic rings. The van der Waals surface area contributed by atoms with Crippen molar-refractivity contribution in [1.82, 2.24) is 5.32 Å². The Labute approximate surface area is 115 Å². The number of carbonyl (C=O) groups is 2. The lowest BCUT2D eigenvalue weighted by atomic mass is 10.1. The van der Waals surface area contributed by atoms with Crippen LogP contribution in [-0.2, 0) is 16.0 Å². The monoisotopic (exact) mass is 285 g/mol. The Bertz CT molecular complexity index is 436. The lowest BCUT2D eigenvalue weighted by Crippen LogP contribution is -2.35. The summed E-state index contributed by atoms with van der Waals surface area (Å²) < 4.78 is 12.7. The van der Waals surface area contributed by atoms with E-state index in [4.69, 9.17) is 5.11 Å². The quantitative estimate of drug-likeness (QED) is 0.800. The first kappa shape index (κ1) is 15.5. The summed E-state index contributed by atoms with van der Waals surface area (Å²) in [5.41, 5.74) is 0.937. The molecule has 2 N–H and O–H groups in total. The second kappa shape index (κ2) is 7.78. The molecule has 0 fully saturated rings. The molecule has 0 aliphatic carbocycles. The summed E-state index contributed by atoms with van der Waals surface area (Å²) in [5, 5.41) is 11.2. The maximum atomic E-state index is 12.7. The molecule has 1 aromatic carbocycles. The summed E-state index contributed by atoms with van der Waals surface area (Å²) >= 11 is 1.06. The standard InChI is InChI=1S/C13H16FNO3S/c1-9(6-10-2-4-11(14)5-3-10)15-12(16)7-19-8-13(17)18/h2-5,9H,6-8H2,1H3,(H,15,16)(H,17,18). The van der Waals surface area contributed by atoms with E-state index in [9.17, 15) is 14.0 Å². The van der Waals surface area contributed by atoms with Crippen molar-refractivity contribution in [2.45, 2.75) is 19.4 Å². The number of rotatable bonds is 7. The summed E-state index contributed by atoms with van der Waals surface area (Å²) in [7, 11) is 0. The van der Waals surface area contributed by atoms with Crippen LogP contribution in [-0.4, -0.2) is 34.5 Å². The van der Waals surface area contributed by atoms with Crippen LogP contribution >= 0.6 is 11.8 Å². The molecule has 4 nitrogen and oxygen atoms in total. The van der Waals surface area contributed by atoms with Crippen molar-refractivity contribution >= 4 is 23.6 Å². The third kappa shape index (κ3) is 6.81. The molecule has 0 aliphatic heterocycles. The largest absolute Gasteiger partial charge is 0.481 e. The maximum Gasteiger partial charge on any atom is 0.313 e. The van der Waals surface area contributed by atoms with E-state index in [0.29, 0.717) is 6.42 Å². The van der Waals surface area contributed by atoms with Gasteiger partial charge in [-0.3, -0.25) is 9.59 Å². The number of carboxylic acid groups (broad SMARTS) is 1. The molecule has 6 heteroatoms. The van der Waals surface area contributed by atoms with Gasteiger partial charge in [0.1, 0.15) is 5.82 Å². The number of hydrogen-bond acceptors (Lipinski definition) is 3. The van der Waals surface area contributed by atoms with Crippen LogP contribution in [0.5, 0.6) is 0 Å². The molecule has 1 atom stereocenters. The first-order chi connectivity index (χ1) is 8.97. The van der Waals surface area contributed by atoms with Gasteiger partial charge in [-0.2, -0.15) is 0 Å². The minimum absolute atomic E-state index is 0.0802. The SMILES string of the molecule is CC(Cc1ccc(F)cc1)NC(=O)CSCC(=O)O. The number of nitrogens with one attached hydrogen (secondary N) is 1. The van der Waals surface area contributed by atoms with Gasteiger partial charge in [-0.25, -0.2) is 4.39 Å². The molecule has 0 bridgehead atoms. The van der Waals surface area contributed by atoms with Crippen LogP contribution in [0.1, 0.15) is 12.5 Å². The minimum Gasteiger partial charge on any atom is -0.481 e. The molecule has 0 saturated heterocycles. The summed E-state index contributed by atoms with van der Waals surface area (Å²) in [6, 6.07) is 6.04. The average molecular weight is 285 g/mol. The Hall–Kier alpha value is -1.56. The predicted octanol–water partition coefficient (Wildman–Crippen LogP) is 1.69. The fourth-order valence-electron chi connectivity index (χ4n) is 1.57. The van der Waals surface area contributed by atoms with E-state index in [2.05, 4.69) is 5.32 Å². The minimum atomic E-state index is -0.933. The number of hydrogen-bond donors (Lipinski definition) is 2. The number of aliphatic carboxylic acids is 1. The zero-order chi connectivity index (χ0) is 14.3. The van der Waals surface area contributed by atoms with E-state index in [1.54, 1.807) is 12.1 Å². The lowest BCUT2D eigenvalue weighted by Gasteiger charge is -2.13. The normalized spacial score (nSPS) is 11.9. The van der Waals surface area contributed by atoms with Crippen LogP contribution in [0.4, 0.5) is 4.39 Å². The maximum absolute atomic E-state index is 12.7. The van der Waals surface area contributed by atoms with Crippen LogP contribution in [0.2, 0.25) is 0 Å². The van der Waals surface area contributed by atoms with Gasteiger partial charge in [0.05, 0.1) is 11.5 Å². The van der Waals surface area contributed by atoms with Crippen molar-refractivity contribution < 1.29 is 19.1 Å². The van der Waals surface area contributed by atoms with Crippen molar-refractivity contribution in [3.8, 4) is 0 Å². The molecule has 0 spiro atoms. The molecule has 0 saturated carbocycles. The van der Waals surface area contributed by atoms with Crippen LogP contribution in [0.25, 0.3) is 0 Å². The Balaban J connectivity index is 2.30. The van der Waals surface area contributed by atoms with Crippen molar-refractivity contribution in [3.05, 3.63) is 35.6 Å². The Morgan fingerprint density at radius 3 is 2.53 bits per heavy atom. The lowest BCUT2D eigenvalue weighted by molar-refractivity contribution is -0.133. The van der Waals surface area contributed by atoms with E-state index < -0.39 is 5.97 Å². The van der Waals surface area contributed by atoms with Crippen LogP contribution in [0, 0.1) is 5.82 Å². The van der Waals surface area contributed by atoms with Crippen LogP contribution in [0.15, 0.2) is 24.3 Å². The molecule has 0 heterocycles. The van der Waals surface area contributed by atoms with Crippen LogP contribution in [0.3, 0.4) is 0 Å². The molecule has 19 heavy (non-hydrogen) atoms. The van der Waals surface area contributed by atoms with Gasteiger partial charge in [0.15, 0.2) is 0 Å². The van der Waals surface area contributed by atoms with Gasteiger partial charge in [0.2, 0.25) is 5.91 Å². The number of thioether (sulfide) groups is 1. The average Bonchev–Trinajstić information content (AvgIpc) is 2.31. The topological polar surface area (TPSA) is 66.4 Å². The van der Waals surface area contributed by atoms with E-state index >= 15 is 0 Å². The van der Waals surface area contributed by atoms with E-state index in [-0.39, 0.29) is 29.3 Å². The summed E-state index contributed by atoms with van der Waals surface area (Å²) in [4.78, 5) is 21.8. The fourth-order valence-corrected chi connectivity index (χ4v) is 2.12. The molecule has 104 valence electrons. The highest BCUT2D eigenvalue weighted by Crippen LogP contribution is 2.06. The van der Waals surface area contributed by atoms with Crippen LogP contribution < -0.4 is 5.32 Å². The molecule has 0 aliphatic rings. The van der Waals surface area contributed by atoms with Crippen molar-refractivity contribution in [3.63, 3.8) is 0 Å². The first-order valence-electron chi connectivity index (χ1n) is 5.80. The molecule has 1 unspecified atom stereocenters. The van der Waals surface area contributed by atoms with Gasteiger partial charge >= 0.3 is 5.97 Å². The number of carboxylic acids is 1. The summed E-state index contributed by atoms with van der Waals surface area (Å²) in [6.07, 6.45) is 0.607. The Morgan fingerprint density at radius 2 is 1.95 bits per heavy atom. The van der Waals surface area contributed by atoms with Gasteiger partial charge in [-0.15, -0.1) is 11.8 Å². The Kier molecular flexibility index (Phi) is 6.35. The third-order valence-corrected chi connectivity index (χ3v) is 3.24. The first-order valence-corrected chi connectivity index (χ1v) is 6.96. The summed E-state index contributed by atoms with van der Waals surface area (Å²) in [5.74, 6) is -1.37. The van der Waals surface area contributed by atoms with Gasteiger partial charge in [0, 0.05) is 6.04 Å². The van der Waals surface area contributed by atoms with Gasteiger partial charge in [-0.1, -0.05) is 12.1 Å². The number of amides is 1. The van der Waals surface area contributed by atoms with Crippen molar-refractivity contribution in [2.24, 2.45) is 0 Å². The van der Waals surface area contributed by atoms with Gasteiger partial charge in [-0.05, 0) is 31.0 Å². The van der Waals surface area contributed by atoms with Gasteiger partial charge in [0.25, 0.3) is 0 Å². The van der Waals surface area contributed by atoms with E-state index in [1.165, 1.54) is 12.1 Å².